The predicted molar refractivity (Wildman–Crippen MR) is 155 cm³/mol. The molecular weight excluding hydrogens is 582 g/mol. The topological polar surface area (TPSA) is 109 Å². The van der Waals surface area contributed by atoms with E-state index >= 15 is 0 Å². The van der Waals surface area contributed by atoms with Crippen molar-refractivity contribution in [3.63, 3.8) is 0 Å². The molecule has 0 saturated carbocycles. The Bertz CT molecular complexity index is 1600. The van der Waals surface area contributed by atoms with Crippen molar-refractivity contribution < 1.29 is 27.9 Å². The van der Waals surface area contributed by atoms with Gasteiger partial charge in [-0.25, -0.2) is 9.37 Å². The Hall–Kier alpha value is -4.03. The number of imidazole rings is 1. The minimum absolute atomic E-state index is 0.0490. The van der Waals surface area contributed by atoms with Crippen LogP contribution in [0.4, 0.5) is 14.5 Å². The highest BCUT2D eigenvalue weighted by Crippen LogP contribution is 2.32. The van der Waals surface area contributed by atoms with Crippen LogP contribution in [0.2, 0.25) is 5.02 Å². The zero-order valence-corrected chi connectivity index (χ0v) is 24.5. The summed E-state index contributed by atoms with van der Waals surface area (Å²) in [6, 6.07) is 7.56. The third-order valence-corrected chi connectivity index (χ3v) is 9.00. The van der Waals surface area contributed by atoms with Crippen LogP contribution in [0.15, 0.2) is 36.5 Å². The number of carbonyl (C=O) groups excluding carboxylic acids is 3. The first-order valence-corrected chi connectivity index (χ1v) is 14.5. The van der Waals surface area contributed by atoms with Crippen LogP contribution in [-0.2, 0) is 11.8 Å². The normalized spacial score (nSPS) is 21.3. The first kappa shape index (κ1) is 29.1. The van der Waals surface area contributed by atoms with Gasteiger partial charge in [-0.2, -0.15) is 4.39 Å². The molecular formula is C30H31ClF2N6O4. The maximum Gasteiger partial charge on any atom is 0.291 e. The van der Waals surface area contributed by atoms with Crippen molar-refractivity contribution in [2.75, 3.05) is 45.2 Å². The van der Waals surface area contributed by atoms with E-state index in [2.05, 4.69) is 15.6 Å². The number of hydrogen-bond acceptors (Lipinski definition) is 6. The second kappa shape index (κ2) is 11.6. The number of nitrogens with one attached hydrogen (secondary N) is 2. The highest BCUT2D eigenvalue weighted by molar-refractivity contribution is 6.34. The lowest BCUT2D eigenvalue weighted by Crippen LogP contribution is -2.39. The number of likely N-dealkylation sites (tertiary alicyclic amines) is 2. The number of fused-ring (bicyclic) bond motifs is 1. The molecule has 3 aliphatic rings. The van der Waals surface area contributed by atoms with E-state index in [1.807, 2.05) is 4.90 Å². The smallest absolute Gasteiger partial charge is 0.291 e. The van der Waals surface area contributed by atoms with E-state index in [-0.39, 0.29) is 51.1 Å². The lowest BCUT2D eigenvalue weighted by Gasteiger charge is -2.22. The number of rotatable bonds is 6. The molecule has 3 atom stereocenters. The van der Waals surface area contributed by atoms with Crippen LogP contribution in [0.3, 0.4) is 0 Å². The lowest BCUT2D eigenvalue weighted by atomic mass is 10.1. The summed E-state index contributed by atoms with van der Waals surface area (Å²) in [5.74, 6) is -3.04. The molecule has 2 aromatic carbocycles. The van der Waals surface area contributed by atoms with Gasteiger partial charge >= 0.3 is 0 Å². The second-order valence-electron chi connectivity index (χ2n) is 11.2. The molecule has 10 nitrogen and oxygen atoms in total. The van der Waals surface area contributed by atoms with E-state index in [0.717, 1.165) is 26.1 Å². The minimum atomic E-state index is -1.14. The number of anilines is 1. The van der Waals surface area contributed by atoms with Gasteiger partial charge < -0.3 is 29.7 Å². The van der Waals surface area contributed by atoms with Crippen molar-refractivity contribution in [1.82, 2.24) is 24.7 Å². The van der Waals surface area contributed by atoms with Gasteiger partial charge in [0.2, 0.25) is 11.7 Å². The zero-order valence-electron chi connectivity index (χ0n) is 23.7. The largest absolute Gasteiger partial charge is 0.494 e. The van der Waals surface area contributed by atoms with Gasteiger partial charge in [0.1, 0.15) is 0 Å². The Morgan fingerprint density at radius 1 is 1.07 bits per heavy atom. The van der Waals surface area contributed by atoms with Crippen LogP contribution in [0.5, 0.6) is 5.75 Å². The second-order valence-corrected chi connectivity index (χ2v) is 11.6. The molecule has 3 amide bonds. The van der Waals surface area contributed by atoms with Gasteiger partial charge in [-0.15, -0.1) is 0 Å². The fourth-order valence-electron chi connectivity index (χ4n) is 6.32. The van der Waals surface area contributed by atoms with Crippen LogP contribution in [-0.4, -0.2) is 82.9 Å². The molecule has 6 rings (SSSR count). The summed E-state index contributed by atoms with van der Waals surface area (Å²) in [5.41, 5.74) is 0.698. The predicted octanol–water partition coefficient (Wildman–Crippen LogP) is 3.56. The first-order valence-electron chi connectivity index (χ1n) is 14.1. The average Bonchev–Trinajstić information content (AvgIpc) is 3.78. The van der Waals surface area contributed by atoms with Gasteiger partial charge in [0.25, 0.3) is 11.8 Å². The third kappa shape index (κ3) is 5.33. The Labute approximate surface area is 251 Å². The van der Waals surface area contributed by atoms with Crippen molar-refractivity contribution in [3.05, 3.63) is 64.6 Å². The van der Waals surface area contributed by atoms with E-state index in [4.69, 9.17) is 16.3 Å². The number of ether oxygens (including phenoxy) is 1. The highest BCUT2D eigenvalue weighted by atomic mass is 35.5. The number of nitrogens with zero attached hydrogens (tertiary/aromatic N) is 4. The van der Waals surface area contributed by atoms with Gasteiger partial charge in [0.05, 0.1) is 35.5 Å². The number of hydrogen-bond donors (Lipinski definition) is 2. The summed E-state index contributed by atoms with van der Waals surface area (Å²) in [4.78, 5) is 47.1. The van der Waals surface area contributed by atoms with Crippen LogP contribution in [0.1, 0.15) is 33.8 Å². The van der Waals surface area contributed by atoms with E-state index in [1.54, 1.807) is 11.0 Å². The van der Waals surface area contributed by atoms with Crippen LogP contribution < -0.4 is 15.4 Å². The zero-order chi connectivity index (χ0) is 30.4. The maximum absolute atomic E-state index is 14.6. The molecule has 3 fully saturated rings. The molecule has 0 spiro atoms. The number of methoxy groups -OCH3 is 1. The first-order chi connectivity index (χ1) is 20.7. The summed E-state index contributed by atoms with van der Waals surface area (Å²) in [5, 5.41) is 6.28. The number of aromatic nitrogens is 2. The SMILES string of the molecule is COc1ccc(-c2cnc(C(=O)Nc3ccc(C(=O)N4CCC(C(=O)N5CC6NCC[C@@H]6C5)C4)c(Cl)c3)n2C)c(F)c1F. The minimum Gasteiger partial charge on any atom is -0.494 e. The Balaban J connectivity index is 1.10. The van der Waals surface area contributed by atoms with Gasteiger partial charge in [-0.1, -0.05) is 11.6 Å². The number of amides is 3. The number of halogens is 3. The van der Waals surface area contributed by atoms with Crippen molar-refractivity contribution in [3.8, 4) is 17.0 Å². The molecule has 3 aromatic rings. The molecule has 0 aliphatic carbocycles. The molecule has 3 aliphatic heterocycles. The van der Waals surface area contributed by atoms with Gasteiger partial charge in [-0.3, -0.25) is 14.4 Å². The number of benzene rings is 2. The Kier molecular flexibility index (Phi) is 7.82. The monoisotopic (exact) mass is 612 g/mol. The molecule has 0 bridgehead atoms. The van der Waals surface area contributed by atoms with Crippen LogP contribution in [0, 0.1) is 23.5 Å². The van der Waals surface area contributed by atoms with Gasteiger partial charge in [0.15, 0.2) is 17.4 Å². The van der Waals surface area contributed by atoms with Gasteiger partial charge in [-0.05, 0) is 55.6 Å². The van der Waals surface area contributed by atoms with Gasteiger partial charge in [0, 0.05) is 50.5 Å². The summed E-state index contributed by atoms with van der Waals surface area (Å²) >= 11 is 6.47. The van der Waals surface area contributed by atoms with E-state index < -0.39 is 17.5 Å². The van der Waals surface area contributed by atoms with E-state index in [9.17, 15) is 23.2 Å². The molecule has 2 unspecified atom stereocenters. The van der Waals surface area contributed by atoms with E-state index in [1.165, 1.54) is 49.2 Å². The third-order valence-electron chi connectivity index (χ3n) is 8.69. The lowest BCUT2D eigenvalue weighted by molar-refractivity contribution is -0.134. The molecule has 4 heterocycles. The molecule has 0 radical (unpaired) electrons. The standard InChI is InChI=1S/C30H31ClF2N6O4/c1-37-23(20-5-6-24(43-2)26(33)25(20)32)12-35-27(37)28(40)36-18-3-4-19(21(31)11-18)30(42)38-10-8-17(14-38)29(41)39-13-16-7-9-34-22(16)15-39/h3-6,11-12,16-17,22,34H,7-10,13-15H2,1-2H3,(H,36,40)/t16-,17?,22?/m1/s1. The van der Waals surface area contributed by atoms with Crippen molar-refractivity contribution in [2.45, 2.75) is 18.9 Å². The quantitative estimate of drug-likeness (QED) is 0.441. The summed E-state index contributed by atoms with van der Waals surface area (Å²) in [7, 11) is 2.74. The summed E-state index contributed by atoms with van der Waals surface area (Å²) in [6.07, 6.45) is 2.97. The average molecular weight is 613 g/mol. The molecule has 43 heavy (non-hydrogen) atoms. The van der Waals surface area contributed by atoms with Crippen LogP contribution >= 0.6 is 11.6 Å². The fraction of sp³-hybridized carbons (Fsp3) is 0.400. The fourth-order valence-corrected chi connectivity index (χ4v) is 6.58. The molecule has 3 saturated heterocycles. The molecule has 1 aromatic heterocycles. The van der Waals surface area contributed by atoms with E-state index in [0.29, 0.717) is 37.2 Å². The molecule has 226 valence electrons. The van der Waals surface area contributed by atoms with Crippen LogP contribution in [0.25, 0.3) is 11.3 Å². The van der Waals surface area contributed by atoms with Crippen molar-refractivity contribution in [1.29, 1.82) is 0 Å². The Morgan fingerprint density at radius 3 is 2.63 bits per heavy atom. The van der Waals surface area contributed by atoms with Crippen molar-refractivity contribution in [2.24, 2.45) is 18.9 Å². The summed E-state index contributed by atoms with van der Waals surface area (Å²) in [6.45, 7) is 3.30. The molecule has 2 N–H and O–H groups in total. The van der Waals surface area contributed by atoms with Crippen molar-refractivity contribution >= 4 is 35.0 Å². The highest BCUT2D eigenvalue weighted by Gasteiger charge is 2.41. The number of carbonyl (C=O) groups is 3. The molecule has 13 heteroatoms. The summed E-state index contributed by atoms with van der Waals surface area (Å²) < 4.78 is 35.0. The Morgan fingerprint density at radius 2 is 1.88 bits per heavy atom. The maximum atomic E-state index is 14.6.